The predicted molar refractivity (Wildman–Crippen MR) is 92.7 cm³/mol. The zero-order chi connectivity index (χ0) is 16.9. The molecule has 0 amide bonds. The molecule has 0 unspecified atom stereocenters. The van der Waals surface area contributed by atoms with E-state index in [1.165, 1.54) is 5.01 Å². The highest BCUT2D eigenvalue weighted by Crippen LogP contribution is 2.18. The number of aryl methyl sites for hydroxylation is 1. The van der Waals surface area contributed by atoms with Gasteiger partial charge in [0.25, 0.3) is 0 Å². The molecule has 0 aliphatic carbocycles. The number of nitrogens with one attached hydrogen (secondary N) is 1. The Bertz CT molecular complexity index is 842. The molecular weight excluding hydrogens is 326 g/mol. The standard InChI is InChI=1S/C17H14ClN5O/c1-12-9-13(7-8-15(12)18)16-21-11-23(22-16)17(20-10-19)24-14-5-3-2-4-6-14/h2-9H,11H2,1H3,(H,21,22)/b20-17+. The number of nitrogens with zero attached hydrogens (tertiary/aromatic N) is 4. The van der Waals surface area contributed by atoms with Gasteiger partial charge in [-0.1, -0.05) is 29.8 Å². The summed E-state index contributed by atoms with van der Waals surface area (Å²) in [4.78, 5) is 3.72. The number of amidine groups is 2. The van der Waals surface area contributed by atoms with Crippen LogP contribution < -0.4 is 10.1 Å². The number of para-hydroxylation sites is 1. The summed E-state index contributed by atoms with van der Waals surface area (Å²) >= 11 is 6.05. The van der Waals surface area contributed by atoms with E-state index in [4.69, 9.17) is 21.6 Å². The van der Waals surface area contributed by atoms with E-state index in [-0.39, 0.29) is 6.02 Å². The van der Waals surface area contributed by atoms with Crippen LogP contribution in [0.2, 0.25) is 5.02 Å². The second kappa shape index (κ2) is 7.02. The molecule has 0 saturated heterocycles. The van der Waals surface area contributed by atoms with Crippen molar-refractivity contribution in [1.82, 2.24) is 10.3 Å². The van der Waals surface area contributed by atoms with Crippen LogP contribution in [-0.4, -0.2) is 23.5 Å². The molecule has 0 fully saturated rings. The van der Waals surface area contributed by atoms with Gasteiger partial charge in [-0.25, -0.2) is 0 Å². The smallest absolute Gasteiger partial charge is 0.331 e. The van der Waals surface area contributed by atoms with Gasteiger partial charge in [-0.2, -0.15) is 10.3 Å². The van der Waals surface area contributed by atoms with Crippen molar-refractivity contribution in [3.63, 3.8) is 0 Å². The lowest BCUT2D eigenvalue weighted by atomic mass is 10.1. The molecule has 7 heteroatoms. The number of ether oxygens (including phenoxy) is 1. The Labute approximate surface area is 144 Å². The van der Waals surface area contributed by atoms with Gasteiger partial charge in [-0.3, -0.25) is 0 Å². The molecule has 1 heterocycles. The van der Waals surface area contributed by atoms with Crippen molar-refractivity contribution in [2.75, 3.05) is 6.67 Å². The molecule has 1 aliphatic heterocycles. The summed E-state index contributed by atoms with van der Waals surface area (Å²) in [6.45, 7) is 2.28. The Morgan fingerprint density at radius 3 is 2.83 bits per heavy atom. The highest BCUT2D eigenvalue weighted by atomic mass is 35.5. The van der Waals surface area contributed by atoms with E-state index in [1.807, 2.05) is 43.3 Å². The minimum Gasteiger partial charge on any atom is -0.424 e. The SMILES string of the molecule is Cc1cc(C2=NN(/C(=N\C#N)Oc3ccccc3)CN2)ccc1Cl. The Morgan fingerprint density at radius 1 is 1.33 bits per heavy atom. The monoisotopic (exact) mass is 339 g/mol. The molecule has 2 aromatic rings. The fourth-order valence-electron chi connectivity index (χ4n) is 2.17. The average Bonchev–Trinajstić information content (AvgIpc) is 3.08. The fourth-order valence-corrected chi connectivity index (χ4v) is 2.29. The quantitative estimate of drug-likeness (QED) is 0.518. The van der Waals surface area contributed by atoms with Crippen molar-refractivity contribution in [3.05, 3.63) is 64.7 Å². The lowest BCUT2D eigenvalue weighted by molar-refractivity contribution is 0.368. The highest BCUT2D eigenvalue weighted by Gasteiger charge is 2.22. The lowest BCUT2D eigenvalue weighted by Gasteiger charge is -2.14. The lowest BCUT2D eigenvalue weighted by Crippen LogP contribution is -2.32. The number of nitriles is 1. The van der Waals surface area contributed by atoms with Crippen LogP contribution in [-0.2, 0) is 0 Å². The maximum absolute atomic E-state index is 8.90. The molecule has 0 atom stereocenters. The Kier molecular flexibility index (Phi) is 4.64. The zero-order valence-corrected chi connectivity index (χ0v) is 13.7. The fraction of sp³-hybridized carbons (Fsp3) is 0.118. The summed E-state index contributed by atoms with van der Waals surface area (Å²) in [6.07, 6.45) is 1.74. The topological polar surface area (TPSA) is 73.0 Å². The molecular formula is C17H14ClN5O. The number of halogens is 1. The van der Waals surface area contributed by atoms with E-state index in [1.54, 1.807) is 18.3 Å². The Balaban J connectivity index is 1.83. The predicted octanol–water partition coefficient (Wildman–Crippen LogP) is 3.09. The first-order valence-corrected chi connectivity index (χ1v) is 7.61. The molecule has 2 aromatic carbocycles. The van der Waals surface area contributed by atoms with Crippen LogP contribution in [0.5, 0.6) is 5.75 Å². The summed E-state index contributed by atoms with van der Waals surface area (Å²) in [6, 6.07) is 14.9. The zero-order valence-electron chi connectivity index (χ0n) is 12.9. The van der Waals surface area contributed by atoms with Gasteiger partial charge in [0.2, 0.25) is 6.19 Å². The second-order valence-corrected chi connectivity index (χ2v) is 5.46. The Morgan fingerprint density at radius 2 is 2.12 bits per heavy atom. The van der Waals surface area contributed by atoms with Crippen LogP contribution in [0.25, 0.3) is 0 Å². The summed E-state index contributed by atoms with van der Waals surface area (Å²) < 4.78 is 5.65. The first-order valence-electron chi connectivity index (χ1n) is 7.23. The molecule has 3 rings (SSSR count). The van der Waals surface area contributed by atoms with Crippen LogP contribution in [0.1, 0.15) is 11.1 Å². The largest absolute Gasteiger partial charge is 0.424 e. The number of benzene rings is 2. The number of rotatable bonds is 2. The van der Waals surface area contributed by atoms with Crippen molar-refractivity contribution < 1.29 is 4.74 Å². The van der Waals surface area contributed by atoms with Gasteiger partial charge >= 0.3 is 6.02 Å². The maximum atomic E-state index is 8.90. The van der Waals surface area contributed by atoms with Gasteiger partial charge in [-0.15, -0.1) is 10.1 Å². The van der Waals surface area contributed by atoms with Crippen molar-refractivity contribution in [2.45, 2.75) is 6.92 Å². The third-order valence-corrected chi connectivity index (χ3v) is 3.79. The molecule has 0 spiro atoms. The van der Waals surface area contributed by atoms with Gasteiger partial charge in [0, 0.05) is 10.6 Å². The average molecular weight is 340 g/mol. The minimum atomic E-state index is 0.108. The summed E-state index contributed by atoms with van der Waals surface area (Å²) in [5.74, 6) is 1.24. The Hall–Kier alpha value is -3.04. The van der Waals surface area contributed by atoms with Crippen molar-refractivity contribution in [1.29, 1.82) is 5.26 Å². The summed E-state index contributed by atoms with van der Waals surface area (Å²) in [5, 5.41) is 18.7. The molecule has 0 aromatic heterocycles. The van der Waals surface area contributed by atoms with Crippen LogP contribution in [0.3, 0.4) is 0 Å². The molecule has 120 valence electrons. The van der Waals surface area contributed by atoms with Crippen molar-refractivity contribution in [2.24, 2.45) is 10.1 Å². The van der Waals surface area contributed by atoms with Crippen LogP contribution in [0.4, 0.5) is 0 Å². The molecule has 0 saturated carbocycles. The van der Waals surface area contributed by atoms with E-state index >= 15 is 0 Å². The number of aliphatic imine (C=N–C) groups is 1. The van der Waals surface area contributed by atoms with E-state index in [0.29, 0.717) is 23.3 Å². The molecule has 1 aliphatic rings. The van der Waals surface area contributed by atoms with E-state index in [0.717, 1.165) is 11.1 Å². The minimum absolute atomic E-state index is 0.108. The molecule has 0 radical (unpaired) electrons. The van der Waals surface area contributed by atoms with Gasteiger partial charge < -0.3 is 10.1 Å². The van der Waals surface area contributed by atoms with Crippen LogP contribution >= 0.6 is 11.6 Å². The number of hydrazone groups is 1. The maximum Gasteiger partial charge on any atom is 0.331 e. The van der Waals surface area contributed by atoms with E-state index in [2.05, 4.69) is 15.4 Å². The van der Waals surface area contributed by atoms with Gasteiger partial charge in [0.05, 0.1) is 0 Å². The second-order valence-electron chi connectivity index (χ2n) is 5.06. The summed E-state index contributed by atoms with van der Waals surface area (Å²) in [5.41, 5.74) is 1.86. The summed E-state index contributed by atoms with van der Waals surface area (Å²) in [7, 11) is 0. The van der Waals surface area contributed by atoms with Crippen LogP contribution in [0, 0.1) is 18.4 Å². The third kappa shape index (κ3) is 3.47. The first kappa shape index (κ1) is 15.8. The van der Waals surface area contributed by atoms with Crippen molar-refractivity contribution >= 4 is 23.5 Å². The first-order chi connectivity index (χ1) is 11.7. The number of hydrogen-bond acceptors (Lipinski definition) is 5. The normalized spacial score (nSPS) is 14.0. The van der Waals surface area contributed by atoms with E-state index < -0.39 is 0 Å². The third-order valence-electron chi connectivity index (χ3n) is 3.37. The molecule has 24 heavy (non-hydrogen) atoms. The van der Waals surface area contributed by atoms with Gasteiger partial charge in [0.15, 0.2) is 5.84 Å². The highest BCUT2D eigenvalue weighted by molar-refractivity contribution is 6.31. The number of hydrogen-bond donors (Lipinski definition) is 1. The van der Waals surface area contributed by atoms with Gasteiger partial charge in [-0.05, 0) is 42.8 Å². The van der Waals surface area contributed by atoms with E-state index in [9.17, 15) is 0 Å². The van der Waals surface area contributed by atoms with Crippen molar-refractivity contribution in [3.8, 4) is 11.9 Å². The molecule has 6 nitrogen and oxygen atoms in total. The molecule has 1 N–H and O–H groups in total. The molecule has 0 bridgehead atoms. The van der Waals surface area contributed by atoms with Gasteiger partial charge in [0.1, 0.15) is 12.4 Å². The van der Waals surface area contributed by atoms with Crippen LogP contribution in [0.15, 0.2) is 58.6 Å².